The van der Waals surface area contributed by atoms with Gasteiger partial charge in [0.1, 0.15) is 0 Å². The van der Waals surface area contributed by atoms with Crippen LogP contribution < -0.4 is 16.0 Å². The van der Waals surface area contributed by atoms with Gasteiger partial charge in [-0.15, -0.1) is 0 Å². The summed E-state index contributed by atoms with van der Waals surface area (Å²) in [6.45, 7) is 17.7. The topological polar surface area (TPSA) is 109 Å². The number of carbonyl (C=O) groups is 2. The maximum absolute atomic E-state index is 12.5. The molecule has 7 rings (SSSR count). The first kappa shape index (κ1) is 38.4. The SMILES string of the molecule is CCc1c2[nH]c(c1C)/C(c1ccc(C(=O)OC)cc1)=C1N=C(C=C\1C)/C=c1\[nH]/c(c(C)c1CC)=C(/c1ccc(C(=O)OC)cc1)C1=C(C)C(CC)(CC)/C(=C/2)N1. The molecule has 0 spiro atoms. The van der Waals surface area contributed by atoms with E-state index in [1.54, 1.807) is 0 Å². The van der Waals surface area contributed by atoms with Crippen molar-refractivity contribution in [2.45, 2.75) is 81.1 Å². The first-order valence-electron chi connectivity index (χ1n) is 19.7. The lowest BCUT2D eigenvalue weighted by Gasteiger charge is -2.29. The van der Waals surface area contributed by atoms with Gasteiger partial charge >= 0.3 is 11.9 Å². The Morgan fingerprint density at radius 2 is 1.27 bits per heavy atom. The third-order valence-electron chi connectivity index (χ3n) is 12.3. The molecule has 288 valence electrons. The number of aliphatic imine (C=N–C) groups is 1. The molecule has 0 atom stereocenters. The van der Waals surface area contributed by atoms with E-state index in [1.165, 1.54) is 42.0 Å². The molecule has 3 N–H and O–H groups in total. The van der Waals surface area contributed by atoms with Crippen molar-refractivity contribution in [2.24, 2.45) is 10.4 Å². The smallest absolute Gasteiger partial charge is 0.337 e. The number of H-pyrrole nitrogens is 2. The monoisotopic (exact) mass is 748 g/mol. The highest BCUT2D eigenvalue weighted by Gasteiger charge is 2.42. The van der Waals surface area contributed by atoms with Crippen LogP contribution in [0.3, 0.4) is 0 Å². The van der Waals surface area contributed by atoms with Crippen LogP contribution >= 0.6 is 0 Å². The minimum absolute atomic E-state index is 0.248. The minimum atomic E-state index is -0.370. The van der Waals surface area contributed by atoms with E-state index >= 15 is 0 Å². The Morgan fingerprint density at radius 3 is 1.80 bits per heavy atom. The number of hydrogen-bond donors (Lipinski definition) is 3. The van der Waals surface area contributed by atoms with E-state index in [0.717, 1.165) is 98.4 Å². The fraction of sp³-hybridized carbons (Fsp3) is 0.312. The van der Waals surface area contributed by atoms with Gasteiger partial charge < -0.3 is 24.8 Å². The first-order chi connectivity index (χ1) is 26.9. The molecule has 0 amide bonds. The number of aromatic amines is 2. The van der Waals surface area contributed by atoms with Crippen molar-refractivity contribution in [2.75, 3.05) is 14.2 Å². The summed E-state index contributed by atoms with van der Waals surface area (Å²) in [4.78, 5) is 38.1. The van der Waals surface area contributed by atoms with E-state index in [-0.39, 0.29) is 17.4 Å². The van der Waals surface area contributed by atoms with Crippen LogP contribution in [-0.2, 0) is 22.3 Å². The number of esters is 2. The average molecular weight is 749 g/mol. The number of nitrogens with zero attached hydrogens (tertiary/aromatic N) is 1. The van der Waals surface area contributed by atoms with Crippen LogP contribution in [0.5, 0.6) is 0 Å². The van der Waals surface area contributed by atoms with E-state index in [9.17, 15) is 9.59 Å². The van der Waals surface area contributed by atoms with Crippen LogP contribution in [0.4, 0.5) is 0 Å². The van der Waals surface area contributed by atoms with Gasteiger partial charge in [0, 0.05) is 39.0 Å². The number of carbonyl (C=O) groups excluding carboxylic acids is 2. The van der Waals surface area contributed by atoms with E-state index in [2.05, 4.69) is 88.9 Å². The summed E-state index contributed by atoms with van der Waals surface area (Å²) < 4.78 is 10.1. The van der Waals surface area contributed by atoms with Crippen LogP contribution in [-0.4, -0.2) is 41.8 Å². The Morgan fingerprint density at radius 1 is 0.696 bits per heavy atom. The van der Waals surface area contributed by atoms with Crippen molar-refractivity contribution < 1.29 is 19.1 Å². The molecule has 8 bridgehead atoms. The van der Waals surface area contributed by atoms with Crippen LogP contribution in [0.25, 0.3) is 23.3 Å². The lowest BCUT2D eigenvalue weighted by atomic mass is 9.74. The molecule has 0 saturated carbocycles. The van der Waals surface area contributed by atoms with Gasteiger partial charge in [0.05, 0.1) is 47.8 Å². The van der Waals surface area contributed by atoms with Crippen LogP contribution in [0.1, 0.15) is 120 Å². The van der Waals surface area contributed by atoms with Crippen LogP contribution in [0, 0.1) is 19.3 Å². The molecular weight excluding hydrogens is 697 g/mol. The second kappa shape index (κ2) is 15.0. The predicted molar refractivity (Wildman–Crippen MR) is 226 cm³/mol. The molecule has 0 fully saturated rings. The van der Waals surface area contributed by atoms with Crippen molar-refractivity contribution in [3.05, 3.63) is 149 Å². The number of methoxy groups -OCH3 is 2. The number of fused-ring (bicyclic) bond motifs is 7. The Hall–Kier alpha value is -5.89. The average Bonchev–Trinajstić information content (AvgIpc) is 3.91. The molecule has 2 aromatic carbocycles. The second-order valence-electron chi connectivity index (χ2n) is 15.0. The van der Waals surface area contributed by atoms with Crippen molar-refractivity contribution in [3.8, 4) is 0 Å². The fourth-order valence-electron chi connectivity index (χ4n) is 9.10. The van der Waals surface area contributed by atoms with Gasteiger partial charge in [-0.3, -0.25) is 0 Å². The molecule has 0 radical (unpaired) electrons. The van der Waals surface area contributed by atoms with E-state index < -0.39 is 0 Å². The summed E-state index contributed by atoms with van der Waals surface area (Å²) >= 11 is 0. The summed E-state index contributed by atoms with van der Waals surface area (Å²) in [6, 6.07) is 15.4. The van der Waals surface area contributed by atoms with Gasteiger partial charge in [-0.1, -0.05) is 52.0 Å². The quantitative estimate of drug-likeness (QED) is 0.157. The summed E-state index contributed by atoms with van der Waals surface area (Å²) in [7, 11) is 2.81. The second-order valence-corrected chi connectivity index (χ2v) is 15.0. The maximum Gasteiger partial charge on any atom is 0.337 e. The maximum atomic E-state index is 12.5. The van der Waals surface area contributed by atoms with Crippen LogP contribution in [0.2, 0.25) is 0 Å². The summed E-state index contributed by atoms with van der Waals surface area (Å²) in [5.41, 5.74) is 17.9. The Balaban J connectivity index is 1.62. The van der Waals surface area contributed by atoms with Crippen molar-refractivity contribution >= 4 is 40.9 Å². The molecule has 8 heteroatoms. The molecule has 4 aromatic rings. The third kappa shape index (κ3) is 6.12. The number of benzene rings is 2. The number of ether oxygens (including phenoxy) is 2. The van der Waals surface area contributed by atoms with Crippen molar-refractivity contribution in [3.63, 3.8) is 0 Å². The molecule has 8 nitrogen and oxygen atoms in total. The Labute approximate surface area is 329 Å². The van der Waals surface area contributed by atoms with Crippen molar-refractivity contribution in [1.82, 2.24) is 15.3 Å². The highest BCUT2D eigenvalue weighted by atomic mass is 16.5. The highest BCUT2D eigenvalue weighted by molar-refractivity contribution is 6.20. The van der Waals surface area contributed by atoms with E-state index in [1.807, 2.05) is 48.5 Å². The number of nitrogens with one attached hydrogen (secondary N) is 3. The molecule has 0 saturated heterocycles. The third-order valence-corrected chi connectivity index (χ3v) is 12.3. The van der Waals surface area contributed by atoms with Gasteiger partial charge in [0.25, 0.3) is 0 Å². The van der Waals surface area contributed by atoms with Crippen molar-refractivity contribution in [1.29, 1.82) is 0 Å². The molecule has 0 unspecified atom stereocenters. The molecule has 5 heterocycles. The van der Waals surface area contributed by atoms with Gasteiger partial charge in [-0.05, 0) is 140 Å². The molecule has 56 heavy (non-hydrogen) atoms. The van der Waals surface area contributed by atoms with Crippen LogP contribution in [0.15, 0.2) is 87.8 Å². The molecule has 3 aliphatic heterocycles. The molecule has 3 aliphatic rings. The minimum Gasteiger partial charge on any atom is -0.465 e. The van der Waals surface area contributed by atoms with Gasteiger partial charge in [0.2, 0.25) is 0 Å². The van der Waals surface area contributed by atoms with E-state index in [0.29, 0.717) is 11.1 Å². The lowest BCUT2D eigenvalue weighted by Crippen LogP contribution is -2.24. The standard InChI is InChI=1S/C48H52N4O4/c1-11-35-27(6)44-41(31-17-21-33(22-18-31)47(54)56-10)45-29(8)48(13-3,14-4)39(52-45)25-38-36(12-2)28(7)43(51-38)40(30-15-19-32(20-16-30)46(53)55-9)42-26(5)23-34(49-42)24-37(35)50-44/h15-25,50-52H,11-14H2,1-10H3/b37-24-,39-25-,42-40-,44-41-. The lowest BCUT2D eigenvalue weighted by molar-refractivity contribution is 0.0592. The zero-order valence-corrected chi connectivity index (χ0v) is 34.3. The van der Waals surface area contributed by atoms with E-state index in [4.69, 9.17) is 14.5 Å². The van der Waals surface area contributed by atoms with Gasteiger partial charge in [0.15, 0.2) is 0 Å². The first-order valence-corrected chi connectivity index (χ1v) is 19.7. The highest BCUT2D eigenvalue weighted by Crippen LogP contribution is 2.50. The number of hydrogen-bond acceptors (Lipinski definition) is 6. The molecule has 0 aliphatic carbocycles. The number of allylic oxidation sites excluding steroid dienone is 4. The Kier molecular flexibility index (Phi) is 10.3. The largest absolute Gasteiger partial charge is 0.465 e. The molecular formula is C48H52N4O4. The fourth-order valence-corrected chi connectivity index (χ4v) is 9.10. The number of aromatic nitrogens is 2. The molecule has 2 aromatic heterocycles. The summed E-state index contributed by atoms with van der Waals surface area (Å²) in [6.07, 6.45) is 10.1. The van der Waals surface area contributed by atoms with Gasteiger partial charge in [-0.2, -0.15) is 0 Å². The predicted octanol–water partition coefficient (Wildman–Crippen LogP) is 8.54. The summed E-state index contributed by atoms with van der Waals surface area (Å²) in [5.74, 6) is -0.731. The zero-order chi connectivity index (χ0) is 40.1. The zero-order valence-electron chi connectivity index (χ0n) is 34.3. The normalized spacial score (nSPS) is 19.8. The van der Waals surface area contributed by atoms with Gasteiger partial charge in [-0.25, -0.2) is 14.6 Å². The summed E-state index contributed by atoms with van der Waals surface area (Å²) in [5, 5.41) is 6.06. The Bertz CT molecular complexity index is 2560. The number of rotatable bonds is 8.